The fraction of sp³-hybridized carbons (Fsp3) is 0.471. The molecule has 0 saturated carbocycles. The van der Waals surface area contributed by atoms with Crippen LogP contribution in [0.3, 0.4) is 0 Å². The molecule has 23 heavy (non-hydrogen) atoms. The van der Waals surface area contributed by atoms with Gasteiger partial charge in [-0.3, -0.25) is 4.98 Å². The summed E-state index contributed by atoms with van der Waals surface area (Å²) in [4.78, 5) is 4.46. The molecule has 2 aromatic rings. The lowest BCUT2D eigenvalue weighted by Gasteiger charge is -2.31. The van der Waals surface area contributed by atoms with E-state index >= 15 is 0 Å². The van der Waals surface area contributed by atoms with Crippen molar-refractivity contribution in [1.29, 1.82) is 0 Å². The summed E-state index contributed by atoms with van der Waals surface area (Å²) in [5.74, 6) is 0.568. The minimum absolute atomic E-state index is 0.391. The zero-order valence-electron chi connectivity index (χ0n) is 13.4. The maximum atomic E-state index is 13.0. The molecule has 6 heteroatoms. The third-order valence-electron chi connectivity index (χ3n) is 4.52. The summed E-state index contributed by atoms with van der Waals surface area (Å²) in [7, 11) is -3.45. The van der Waals surface area contributed by atoms with E-state index in [2.05, 4.69) is 17.2 Å². The number of hydrogen-bond donors (Lipinski definition) is 1. The summed E-state index contributed by atoms with van der Waals surface area (Å²) in [5.41, 5.74) is 0. The minimum Gasteiger partial charge on any atom is -0.317 e. The van der Waals surface area contributed by atoms with Crippen LogP contribution in [0.25, 0.3) is 10.8 Å². The van der Waals surface area contributed by atoms with E-state index < -0.39 is 10.0 Å². The lowest BCUT2D eigenvalue weighted by molar-refractivity contribution is 0.268. The SMILES string of the molecule is CCNCC1CCN(S(=O)(=O)c2cccc3cnccc23)CC1. The van der Waals surface area contributed by atoms with Crippen molar-refractivity contribution in [2.75, 3.05) is 26.2 Å². The van der Waals surface area contributed by atoms with Gasteiger partial charge in [-0.1, -0.05) is 19.1 Å². The molecular formula is C17H23N3O2S. The second-order valence-corrected chi connectivity index (χ2v) is 7.91. The highest BCUT2D eigenvalue weighted by Crippen LogP contribution is 2.28. The summed E-state index contributed by atoms with van der Waals surface area (Å²) < 4.78 is 27.7. The fourth-order valence-corrected chi connectivity index (χ4v) is 4.84. The van der Waals surface area contributed by atoms with Gasteiger partial charge in [0.1, 0.15) is 0 Å². The first kappa shape index (κ1) is 16.4. The molecule has 1 N–H and O–H groups in total. The molecule has 0 amide bonds. The molecule has 0 aliphatic carbocycles. The number of sulfonamides is 1. The monoisotopic (exact) mass is 333 g/mol. The number of nitrogens with one attached hydrogen (secondary N) is 1. The molecule has 0 spiro atoms. The average molecular weight is 333 g/mol. The van der Waals surface area contributed by atoms with Gasteiger partial charge in [-0.05, 0) is 44.0 Å². The van der Waals surface area contributed by atoms with Crippen LogP contribution in [0.5, 0.6) is 0 Å². The number of pyridine rings is 1. The highest BCUT2D eigenvalue weighted by molar-refractivity contribution is 7.89. The first-order valence-electron chi connectivity index (χ1n) is 8.16. The van der Waals surface area contributed by atoms with E-state index in [0.29, 0.717) is 23.9 Å². The number of hydrogen-bond acceptors (Lipinski definition) is 4. The van der Waals surface area contributed by atoms with Gasteiger partial charge in [-0.25, -0.2) is 8.42 Å². The van der Waals surface area contributed by atoms with Crippen LogP contribution in [0.1, 0.15) is 19.8 Å². The third kappa shape index (κ3) is 3.39. The van der Waals surface area contributed by atoms with Gasteiger partial charge in [0.15, 0.2) is 0 Å². The Hall–Kier alpha value is -1.50. The van der Waals surface area contributed by atoms with Gasteiger partial charge in [-0.2, -0.15) is 4.31 Å². The van der Waals surface area contributed by atoms with Crippen LogP contribution in [0.15, 0.2) is 41.6 Å². The number of benzene rings is 1. The Balaban J connectivity index is 1.82. The largest absolute Gasteiger partial charge is 0.317 e. The number of aromatic nitrogens is 1. The van der Waals surface area contributed by atoms with Crippen LogP contribution >= 0.6 is 0 Å². The average Bonchev–Trinajstić information content (AvgIpc) is 2.59. The molecule has 0 bridgehead atoms. The molecule has 1 aromatic carbocycles. The summed E-state index contributed by atoms with van der Waals surface area (Å²) >= 11 is 0. The Labute approximate surface area is 137 Å². The van der Waals surface area contributed by atoms with Crippen molar-refractivity contribution < 1.29 is 8.42 Å². The van der Waals surface area contributed by atoms with Crippen LogP contribution in [0, 0.1) is 5.92 Å². The lowest BCUT2D eigenvalue weighted by Crippen LogP contribution is -2.40. The predicted octanol–water partition coefficient (Wildman–Crippen LogP) is 2.25. The molecule has 2 heterocycles. The van der Waals surface area contributed by atoms with Gasteiger partial charge in [-0.15, -0.1) is 0 Å². The first-order chi connectivity index (χ1) is 11.1. The maximum Gasteiger partial charge on any atom is 0.243 e. The Morgan fingerprint density at radius 1 is 1.26 bits per heavy atom. The number of rotatable bonds is 5. The van der Waals surface area contributed by atoms with E-state index in [4.69, 9.17) is 0 Å². The molecule has 1 saturated heterocycles. The molecule has 1 aromatic heterocycles. The molecule has 0 radical (unpaired) electrons. The van der Waals surface area contributed by atoms with E-state index in [-0.39, 0.29) is 0 Å². The van der Waals surface area contributed by atoms with E-state index in [1.807, 2.05) is 6.07 Å². The summed E-state index contributed by atoms with van der Waals surface area (Å²) in [6.07, 6.45) is 5.18. The van der Waals surface area contributed by atoms with E-state index in [9.17, 15) is 8.42 Å². The zero-order valence-corrected chi connectivity index (χ0v) is 14.2. The van der Waals surface area contributed by atoms with Crippen molar-refractivity contribution in [3.05, 3.63) is 36.7 Å². The first-order valence-corrected chi connectivity index (χ1v) is 9.60. The van der Waals surface area contributed by atoms with Gasteiger partial charge in [0, 0.05) is 36.3 Å². The lowest BCUT2D eigenvalue weighted by atomic mass is 9.98. The van der Waals surface area contributed by atoms with Crippen LogP contribution < -0.4 is 5.32 Å². The molecule has 124 valence electrons. The highest BCUT2D eigenvalue weighted by Gasteiger charge is 2.30. The van der Waals surface area contributed by atoms with Crippen LogP contribution in [-0.2, 0) is 10.0 Å². The summed E-state index contributed by atoms with van der Waals surface area (Å²) in [6.45, 7) is 5.22. The number of piperidine rings is 1. The van der Waals surface area contributed by atoms with E-state index in [1.165, 1.54) is 0 Å². The summed E-state index contributed by atoms with van der Waals surface area (Å²) in [6, 6.07) is 7.15. The molecule has 3 rings (SSSR count). The van der Waals surface area contributed by atoms with Crippen molar-refractivity contribution in [2.45, 2.75) is 24.7 Å². The maximum absolute atomic E-state index is 13.0. The van der Waals surface area contributed by atoms with Gasteiger partial charge in [0.25, 0.3) is 0 Å². The molecule has 1 aliphatic heterocycles. The smallest absolute Gasteiger partial charge is 0.243 e. The zero-order chi connectivity index (χ0) is 16.3. The molecule has 5 nitrogen and oxygen atoms in total. The van der Waals surface area contributed by atoms with E-state index in [1.54, 1.807) is 34.9 Å². The third-order valence-corrected chi connectivity index (χ3v) is 6.47. The quantitative estimate of drug-likeness (QED) is 0.911. The second-order valence-electron chi connectivity index (χ2n) is 6.01. The standard InChI is InChI=1S/C17H23N3O2S/c1-2-18-12-14-7-10-20(11-8-14)23(21,22)17-5-3-4-15-13-19-9-6-16(15)17/h3-6,9,13-14,18H,2,7-8,10-12H2,1H3. The van der Waals surface area contributed by atoms with Gasteiger partial charge in [0.05, 0.1) is 4.90 Å². The van der Waals surface area contributed by atoms with Crippen molar-refractivity contribution in [1.82, 2.24) is 14.6 Å². The van der Waals surface area contributed by atoms with Crippen molar-refractivity contribution >= 4 is 20.8 Å². The van der Waals surface area contributed by atoms with Crippen molar-refractivity contribution in [3.63, 3.8) is 0 Å². The minimum atomic E-state index is -3.45. The van der Waals surface area contributed by atoms with Crippen LogP contribution in [0.2, 0.25) is 0 Å². The van der Waals surface area contributed by atoms with Gasteiger partial charge < -0.3 is 5.32 Å². The fourth-order valence-electron chi connectivity index (χ4n) is 3.16. The Bertz CT molecular complexity index is 763. The molecule has 1 fully saturated rings. The van der Waals surface area contributed by atoms with Crippen molar-refractivity contribution in [2.24, 2.45) is 5.92 Å². The van der Waals surface area contributed by atoms with Gasteiger partial charge >= 0.3 is 0 Å². The molecular weight excluding hydrogens is 310 g/mol. The molecule has 0 atom stereocenters. The Kier molecular flexibility index (Phi) is 4.94. The molecule has 0 unspecified atom stereocenters. The van der Waals surface area contributed by atoms with Gasteiger partial charge in [0.2, 0.25) is 10.0 Å². The van der Waals surface area contributed by atoms with E-state index in [0.717, 1.165) is 36.7 Å². The highest BCUT2D eigenvalue weighted by atomic mass is 32.2. The Morgan fingerprint density at radius 3 is 2.78 bits per heavy atom. The second kappa shape index (κ2) is 6.95. The molecule has 1 aliphatic rings. The van der Waals surface area contributed by atoms with Crippen LogP contribution in [-0.4, -0.2) is 43.9 Å². The summed E-state index contributed by atoms with van der Waals surface area (Å²) in [5, 5.41) is 4.96. The Morgan fingerprint density at radius 2 is 2.04 bits per heavy atom. The topological polar surface area (TPSA) is 62.3 Å². The number of nitrogens with zero attached hydrogens (tertiary/aromatic N) is 2. The number of fused-ring (bicyclic) bond motifs is 1. The van der Waals surface area contributed by atoms with Crippen molar-refractivity contribution in [3.8, 4) is 0 Å². The predicted molar refractivity (Wildman–Crippen MR) is 91.8 cm³/mol. The van der Waals surface area contributed by atoms with Crippen LogP contribution in [0.4, 0.5) is 0 Å². The normalized spacial score (nSPS) is 17.6.